The van der Waals surface area contributed by atoms with E-state index in [0.717, 1.165) is 6.54 Å². The maximum absolute atomic E-state index is 12.3. The molecule has 4 heteroatoms. The molecule has 2 unspecified atom stereocenters. The third kappa shape index (κ3) is 4.94. The van der Waals surface area contributed by atoms with Crippen LogP contribution in [0.25, 0.3) is 0 Å². The fraction of sp³-hybridized carbons (Fsp3) is 0.929. The Bertz CT molecular complexity index is 254. The molecule has 0 spiro atoms. The molecule has 1 amide bonds. The van der Waals surface area contributed by atoms with Gasteiger partial charge in [-0.25, -0.2) is 0 Å². The van der Waals surface area contributed by atoms with Gasteiger partial charge in [-0.3, -0.25) is 4.79 Å². The van der Waals surface area contributed by atoms with E-state index in [2.05, 4.69) is 26.1 Å². The van der Waals surface area contributed by atoms with E-state index in [1.807, 2.05) is 4.90 Å². The topological polar surface area (TPSA) is 41.6 Å². The Labute approximate surface area is 111 Å². The molecule has 18 heavy (non-hydrogen) atoms. The lowest BCUT2D eigenvalue weighted by molar-refractivity contribution is -0.134. The molecule has 1 aliphatic rings. The Morgan fingerprint density at radius 1 is 1.44 bits per heavy atom. The van der Waals surface area contributed by atoms with Crippen LogP contribution >= 0.6 is 0 Å². The number of methoxy groups -OCH3 is 1. The highest BCUT2D eigenvalue weighted by Gasteiger charge is 2.34. The van der Waals surface area contributed by atoms with E-state index in [1.165, 1.54) is 12.8 Å². The van der Waals surface area contributed by atoms with Gasteiger partial charge in [0, 0.05) is 32.2 Å². The van der Waals surface area contributed by atoms with Crippen LogP contribution in [-0.2, 0) is 9.53 Å². The van der Waals surface area contributed by atoms with E-state index in [1.54, 1.807) is 7.11 Å². The molecule has 1 fully saturated rings. The van der Waals surface area contributed by atoms with Crippen molar-refractivity contribution in [2.24, 2.45) is 5.92 Å². The van der Waals surface area contributed by atoms with Crippen molar-refractivity contribution in [3.05, 3.63) is 0 Å². The smallest absolute Gasteiger partial charge is 0.224 e. The average molecular weight is 256 g/mol. The molecule has 0 aromatic rings. The molecule has 1 saturated carbocycles. The number of carbonyl (C=O) groups is 1. The summed E-state index contributed by atoms with van der Waals surface area (Å²) in [5.74, 6) is 0.958. The Hall–Kier alpha value is -0.610. The number of nitrogens with zero attached hydrogens (tertiary/aromatic N) is 1. The van der Waals surface area contributed by atoms with Gasteiger partial charge in [0.1, 0.15) is 0 Å². The van der Waals surface area contributed by atoms with Crippen LogP contribution in [0.15, 0.2) is 0 Å². The number of ether oxygens (including phenoxy) is 1. The second-order valence-electron chi connectivity index (χ2n) is 5.32. The second-order valence-corrected chi connectivity index (χ2v) is 5.32. The normalized spacial score (nSPS) is 18.4. The van der Waals surface area contributed by atoms with Crippen molar-refractivity contribution < 1.29 is 9.53 Å². The van der Waals surface area contributed by atoms with Crippen molar-refractivity contribution in [3.8, 4) is 0 Å². The molecule has 1 N–H and O–H groups in total. The molecule has 2 atom stereocenters. The summed E-state index contributed by atoms with van der Waals surface area (Å²) in [6.45, 7) is 8.55. The highest BCUT2D eigenvalue weighted by atomic mass is 16.5. The zero-order valence-electron chi connectivity index (χ0n) is 12.2. The summed E-state index contributed by atoms with van der Waals surface area (Å²) in [7, 11) is 1.69. The fourth-order valence-corrected chi connectivity index (χ4v) is 2.38. The molecule has 0 bridgehead atoms. The number of rotatable bonds is 9. The molecule has 1 rings (SSSR count). The summed E-state index contributed by atoms with van der Waals surface area (Å²) in [5.41, 5.74) is 0. The lowest BCUT2D eigenvalue weighted by atomic mass is 10.1. The minimum absolute atomic E-state index is 0.249. The van der Waals surface area contributed by atoms with E-state index in [4.69, 9.17) is 4.74 Å². The van der Waals surface area contributed by atoms with Gasteiger partial charge in [-0.15, -0.1) is 0 Å². The molecule has 106 valence electrons. The predicted molar refractivity (Wildman–Crippen MR) is 73.5 cm³/mol. The van der Waals surface area contributed by atoms with Crippen molar-refractivity contribution in [1.29, 1.82) is 0 Å². The van der Waals surface area contributed by atoms with E-state index >= 15 is 0 Å². The minimum atomic E-state index is 0.249. The number of nitrogens with one attached hydrogen (secondary N) is 1. The Morgan fingerprint density at radius 3 is 2.61 bits per heavy atom. The third-order valence-corrected chi connectivity index (χ3v) is 3.69. The average Bonchev–Trinajstić information content (AvgIpc) is 3.13. The maximum Gasteiger partial charge on any atom is 0.224 e. The van der Waals surface area contributed by atoms with Crippen molar-refractivity contribution in [1.82, 2.24) is 10.2 Å². The number of carbonyl (C=O) groups excluding carboxylic acids is 1. The molecule has 0 heterocycles. The van der Waals surface area contributed by atoms with Gasteiger partial charge in [0.15, 0.2) is 0 Å². The Balaban J connectivity index is 2.48. The standard InChI is InChI=1S/C14H28N2O2/c1-5-15-11(2)10-14(17)16(8-9-18-4)12(3)13-6-7-13/h11-13,15H,5-10H2,1-4H3. The SMILES string of the molecule is CCNC(C)CC(=O)N(CCOC)C(C)C1CC1. The lowest BCUT2D eigenvalue weighted by Gasteiger charge is -2.30. The first-order chi connectivity index (χ1) is 8.60. The van der Waals surface area contributed by atoms with Crippen LogP contribution in [0, 0.1) is 5.92 Å². The van der Waals surface area contributed by atoms with Crippen LogP contribution in [0.1, 0.15) is 40.0 Å². The van der Waals surface area contributed by atoms with Crippen LogP contribution < -0.4 is 5.32 Å². The fourth-order valence-electron chi connectivity index (χ4n) is 2.38. The summed E-state index contributed by atoms with van der Waals surface area (Å²) in [6.07, 6.45) is 3.11. The highest BCUT2D eigenvalue weighted by molar-refractivity contribution is 5.77. The van der Waals surface area contributed by atoms with Crippen molar-refractivity contribution in [2.45, 2.75) is 52.1 Å². The zero-order valence-corrected chi connectivity index (χ0v) is 12.2. The van der Waals surface area contributed by atoms with Gasteiger partial charge in [0.05, 0.1) is 6.61 Å². The maximum atomic E-state index is 12.3. The summed E-state index contributed by atoms with van der Waals surface area (Å²) in [6, 6.07) is 0.612. The van der Waals surface area contributed by atoms with Crippen LogP contribution in [0.4, 0.5) is 0 Å². The van der Waals surface area contributed by atoms with E-state index in [0.29, 0.717) is 31.5 Å². The first-order valence-electron chi connectivity index (χ1n) is 7.11. The first kappa shape index (κ1) is 15.4. The van der Waals surface area contributed by atoms with Crippen LogP contribution in [0.2, 0.25) is 0 Å². The van der Waals surface area contributed by atoms with Crippen molar-refractivity contribution in [2.75, 3.05) is 26.8 Å². The van der Waals surface area contributed by atoms with Gasteiger partial charge in [0.25, 0.3) is 0 Å². The Morgan fingerprint density at radius 2 is 2.11 bits per heavy atom. The Kier molecular flexibility index (Phi) is 6.65. The summed E-state index contributed by atoms with van der Waals surface area (Å²) >= 11 is 0. The molecule has 4 nitrogen and oxygen atoms in total. The molecule has 0 aromatic carbocycles. The lowest BCUT2D eigenvalue weighted by Crippen LogP contribution is -2.44. The van der Waals surface area contributed by atoms with Crippen LogP contribution in [0.3, 0.4) is 0 Å². The van der Waals surface area contributed by atoms with Gasteiger partial charge in [-0.2, -0.15) is 0 Å². The van der Waals surface area contributed by atoms with E-state index in [-0.39, 0.29) is 11.9 Å². The van der Waals surface area contributed by atoms with Gasteiger partial charge in [-0.1, -0.05) is 6.92 Å². The van der Waals surface area contributed by atoms with Crippen LogP contribution in [-0.4, -0.2) is 49.7 Å². The van der Waals surface area contributed by atoms with Gasteiger partial charge >= 0.3 is 0 Å². The van der Waals surface area contributed by atoms with Gasteiger partial charge < -0.3 is 15.0 Å². The molecule has 0 aromatic heterocycles. The minimum Gasteiger partial charge on any atom is -0.383 e. The van der Waals surface area contributed by atoms with Gasteiger partial charge in [-0.05, 0) is 39.2 Å². The predicted octanol–water partition coefficient (Wildman–Crippen LogP) is 1.65. The molecule has 0 saturated heterocycles. The summed E-state index contributed by atoms with van der Waals surface area (Å²) in [4.78, 5) is 14.3. The second kappa shape index (κ2) is 7.74. The van der Waals surface area contributed by atoms with Crippen molar-refractivity contribution in [3.63, 3.8) is 0 Å². The number of hydrogen-bond donors (Lipinski definition) is 1. The van der Waals surface area contributed by atoms with Crippen molar-refractivity contribution >= 4 is 5.91 Å². The number of amides is 1. The monoisotopic (exact) mass is 256 g/mol. The van der Waals surface area contributed by atoms with E-state index < -0.39 is 0 Å². The largest absolute Gasteiger partial charge is 0.383 e. The molecular weight excluding hydrogens is 228 g/mol. The highest BCUT2D eigenvalue weighted by Crippen LogP contribution is 2.35. The first-order valence-corrected chi connectivity index (χ1v) is 7.11. The third-order valence-electron chi connectivity index (χ3n) is 3.69. The molecule has 1 aliphatic carbocycles. The van der Waals surface area contributed by atoms with Gasteiger partial charge in [0.2, 0.25) is 5.91 Å². The zero-order chi connectivity index (χ0) is 13.5. The quantitative estimate of drug-likeness (QED) is 0.682. The van der Waals surface area contributed by atoms with Crippen LogP contribution in [0.5, 0.6) is 0 Å². The number of hydrogen-bond acceptors (Lipinski definition) is 3. The van der Waals surface area contributed by atoms with E-state index in [9.17, 15) is 4.79 Å². The molecular formula is C14H28N2O2. The molecule has 0 aliphatic heterocycles. The summed E-state index contributed by atoms with van der Waals surface area (Å²) in [5, 5.41) is 3.29. The molecule has 0 radical (unpaired) electrons. The summed E-state index contributed by atoms with van der Waals surface area (Å²) < 4.78 is 5.12.